The normalized spacial score (nSPS) is 16.0. The average Bonchev–Trinajstić information content (AvgIpc) is 2.55. The molecule has 3 heterocycles. The summed E-state index contributed by atoms with van der Waals surface area (Å²) in [5.41, 5.74) is -0.0303. The molecule has 116 valence electrons. The van der Waals surface area contributed by atoms with Crippen LogP contribution >= 0.6 is 0 Å². The Bertz CT molecular complexity index is 614. The summed E-state index contributed by atoms with van der Waals surface area (Å²) in [7, 11) is 0. The molecule has 0 atom stereocenters. The summed E-state index contributed by atoms with van der Waals surface area (Å²) in [6, 6.07) is 1.99. The van der Waals surface area contributed by atoms with Crippen LogP contribution in [0.25, 0.3) is 0 Å². The van der Waals surface area contributed by atoms with E-state index < -0.39 is 0 Å². The number of nitrogens with zero attached hydrogens (tertiary/aromatic N) is 6. The first-order chi connectivity index (χ1) is 10.5. The van der Waals surface area contributed by atoms with Gasteiger partial charge in [-0.2, -0.15) is 0 Å². The van der Waals surface area contributed by atoms with E-state index in [-0.39, 0.29) is 5.41 Å². The second kappa shape index (κ2) is 5.87. The molecule has 0 radical (unpaired) electrons. The van der Waals surface area contributed by atoms with Gasteiger partial charge in [0.1, 0.15) is 17.5 Å². The minimum absolute atomic E-state index is 0.0303. The molecule has 0 amide bonds. The molecule has 6 nitrogen and oxygen atoms in total. The highest BCUT2D eigenvalue weighted by Gasteiger charge is 2.22. The quantitative estimate of drug-likeness (QED) is 0.844. The average molecular weight is 298 g/mol. The first-order valence-electron chi connectivity index (χ1n) is 7.63. The molecule has 0 unspecified atom stereocenters. The van der Waals surface area contributed by atoms with Gasteiger partial charge in [0.2, 0.25) is 0 Å². The second-order valence-electron chi connectivity index (χ2n) is 6.53. The summed E-state index contributed by atoms with van der Waals surface area (Å²) in [4.78, 5) is 22.2. The van der Waals surface area contributed by atoms with Gasteiger partial charge in [-0.15, -0.1) is 0 Å². The summed E-state index contributed by atoms with van der Waals surface area (Å²) in [6.07, 6.45) is 7.12. The zero-order valence-corrected chi connectivity index (χ0v) is 13.4. The van der Waals surface area contributed by atoms with Crippen molar-refractivity contribution in [3.63, 3.8) is 0 Å². The number of aromatic nitrogens is 4. The maximum absolute atomic E-state index is 4.73. The van der Waals surface area contributed by atoms with Crippen LogP contribution in [0.4, 0.5) is 11.6 Å². The lowest BCUT2D eigenvalue weighted by molar-refractivity contribution is 0.541. The van der Waals surface area contributed by atoms with Crippen LogP contribution in [0, 0.1) is 0 Å². The monoisotopic (exact) mass is 298 g/mol. The SMILES string of the molecule is CC(C)(C)c1nccc(N2CCN(c3cnccn3)CC2)n1. The van der Waals surface area contributed by atoms with Crippen LogP contribution in [0.2, 0.25) is 0 Å². The molecule has 0 N–H and O–H groups in total. The molecule has 1 aliphatic rings. The van der Waals surface area contributed by atoms with Crippen molar-refractivity contribution in [2.24, 2.45) is 0 Å². The molecule has 2 aromatic rings. The number of piperazine rings is 1. The fourth-order valence-corrected chi connectivity index (χ4v) is 2.51. The van der Waals surface area contributed by atoms with Crippen molar-refractivity contribution >= 4 is 11.6 Å². The Labute approximate surface area is 131 Å². The van der Waals surface area contributed by atoms with E-state index in [9.17, 15) is 0 Å². The number of hydrogen-bond acceptors (Lipinski definition) is 6. The molecule has 6 heteroatoms. The van der Waals surface area contributed by atoms with E-state index in [1.54, 1.807) is 12.4 Å². The fraction of sp³-hybridized carbons (Fsp3) is 0.500. The van der Waals surface area contributed by atoms with E-state index in [2.05, 4.69) is 45.5 Å². The molecule has 1 fully saturated rings. The van der Waals surface area contributed by atoms with E-state index in [0.29, 0.717) is 0 Å². The fourth-order valence-electron chi connectivity index (χ4n) is 2.51. The highest BCUT2D eigenvalue weighted by atomic mass is 15.3. The Morgan fingerprint density at radius 1 is 0.864 bits per heavy atom. The van der Waals surface area contributed by atoms with Crippen molar-refractivity contribution in [3.8, 4) is 0 Å². The third-order valence-electron chi connectivity index (χ3n) is 3.79. The van der Waals surface area contributed by atoms with Crippen molar-refractivity contribution in [1.29, 1.82) is 0 Å². The molecule has 2 aromatic heterocycles. The maximum Gasteiger partial charge on any atom is 0.147 e. The lowest BCUT2D eigenvalue weighted by Crippen LogP contribution is -2.47. The van der Waals surface area contributed by atoms with Crippen molar-refractivity contribution < 1.29 is 0 Å². The highest BCUT2D eigenvalue weighted by molar-refractivity contribution is 5.43. The molecule has 3 rings (SSSR count). The summed E-state index contributed by atoms with van der Waals surface area (Å²) >= 11 is 0. The van der Waals surface area contributed by atoms with Gasteiger partial charge >= 0.3 is 0 Å². The van der Waals surface area contributed by atoms with Gasteiger partial charge in [0.15, 0.2) is 0 Å². The maximum atomic E-state index is 4.73. The largest absolute Gasteiger partial charge is 0.353 e. The molecule has 0 aliphatic carbocycles. The number of anilines is 2. The predicted molar refractivity (Wildman–Crippen MR) is 87.2 cm³/mol. The predicted octanol–water partition coefficient (Wildman–Crippen LogP) is 1.89. The minimum Gasteiger partial charge on any atom is -0.353 e. The lowest BCUT2D eigenvalue weighted by Gasteiger charge is -2.36. The Hall–Kier alpha value is -2.24. The summed E-state index contributed by atoms with van der Waals surface area (Å²) in [5.74, 6) is 2.85. The first-order valence-corrected chi connectivity index (χ1v) is 7.63. The van der Waals surface area contributed by atoms with Crippen molar-refractivity contribution in [2.75, 3.05) is 36.0 Å². The van der Waals surface area contributed by atoms with Crippen LogP contribution in [0.5, 0.6) is 0 Å². The minimum atomic E-state index is -0.0303. The Morgan fingerprint density at radius 2 is 1.55 bits per heavy atom. The van der Waals surface area contributed by atoms with E-state index in [1.807, 2.05) is 18.5 Å². The van der Waals surface area contributed by atoms with Gasteiger partial charge in [0.05, 0.1) is 6.20 Å². The topological polar surface area (TPSA) is 58.0 Å². The van der Waals surface area contributed by atoms with E-state index in [4.69, 9.17) is 4.98 Å². The van der Waals surface area contributed by atoms with Crippen LogP contribution in [0.3, 0.4) is 0 Å². The van der Waals surface area contributed by atoms with Gasteiger partial charge in [-0.1, -0.05) is 20.8 Å². The smallest absolute Gasteiger partial charge is 0.147 e. The molecular formula is C16H22N6. The van der Waals surface area contributed by atoms with Crippen LogP contribution in [-0.4, -0.2) is 46.1 Å². The van der Waals surface area contributed by atoms with Gasteiger partial charge in [0, 0.05) is 50.2 Å². The molecule has 1 saturated heterocycles. The molecular weight excluding hydrogens is 276 g/mol. The molecule has 1 aliphatic heterocycles. The molecule has 0 saturated carbocycles. The zero-order chi connectivity index (χ0) is 15.6. The number of rotatable bonds is 2. The number of hydrogen-bond donors (Lipinski definition) is 0. The third-order valence-corrected chi connectivity index (χ3v) is 3.79. The Kier molecular flexibility index (Phi) is 3.92. The van der Waals surface area contributed by atoms with Gasteiger partial charge in [-0.05, 0) is 6.07 Å². The van der Waals surface area contributed by atoms with Crippen LogP contribution in [0.15, 0.2) is 30.9 Å². The van der Waals surface area contributed by atoms with Gasteiger partial charge < -0.3 is 9.80 Å². The van der Waals surface area contributed by atoms with Crippen LogP contribution in [0.1, 0.15) is 26.6 Å². The zero-order valence-electron chi connectivity index (χ0n) is 13.4. The molecule has 0 bridgehead atoms. The highest BCUT2D eigenvalue weighted by Crippen LogP contribution is 2.21. The van der Waals surface area contributed by atoms with Crippen LogP contribution < -0.4 is 9.80 Å². The summed E-state index contributed by atoms with van der Waals surface area (Å²) in [6.45, 7) is 10.1. The standard InChI is InChI=1S/C16H22N6/c1-16(2,3)15-19-5-4-13(20-15)21-8-10-22(11-9-21)14-12-17-6-7-18-14/h4-7,12H,8-11H2,1-3H3. The van der Waals surface area contributed by atoms with Crippen molar-refractivity contribution in [1.82, 2.24) is 19.9 Å². The second-order valence-corrected chi connectivity index (χ2v) is 6.53. The van der Waals surface area contributed by atoms with Crippen molar-refractivity contribution in [2.45, 2.75) is 26.2 Å². The Balaban J connectivity index is 1.69. The van der Waals surface area contributed by atoms with Crippen molar-refractivity contribution in [3.05, 3.63) is 36.7 Å². The first kappa shape index (κ1) is 14.7. The summed E-state index contributed by atoms with van der Waals surface area (Å²) < 4.78 is 0. The summed E-state index contributed by atoms with van der Waals surface area (Å²) in [5, 5.41) is 0. The van der Waals surface area contributed by atoms with E-state index in [0.717, 1.165) is 43.6 Å². The van der Waals surface area contributed by atoms with Gasteiger partial charge in [-0.3, -0.25) is 4.98 Å². The van der Waals surface area contributed by atoms with E-state index >= 15 is 0 Å². The van der Waals surface area contributed by atoms with Crippen LogP contribution in [-0.2, 0) is 5.41 Å². The van der Waals surface area contributed by atoms with Gasteiger partial charge in [-0.25, -0.2) is 15.0 Å². The van der Waals surface area contributed by atoms with Gasteiger partial charge in [0.25, 0.3) is 0 Å². The molecule has 0 aromatic carbocycles. The van der Waals surface area contributed by atoms with E-state index in [1.165, 1.54) is 0 Å². The Morgan fingerprint density at radius 3 is 2.14 bits per heavy atom. The molecule has 0 spiro atoms. The third kappa shape index (κ3) is 3.16. The molecule has 22 heavy (non-hydrogen) atoms. The lowest BCUT2D eigenvalue weighted by atomic mass is 9.96.